The van der Waals surface area contributed by atoms with Crippen molar-refractivity contribution in [2.45, 2.75) is 46.6 Å². The maximum absolute atomic E-state index is 12.0. The molecule has 3 N–H and O–H groups in total. The Morgan fingerprint density at radius 3 is 2.73 bits per heavy atom. The topological polar surface area (TPSA) is 74.8 Å². The van der Waals surface area contributed by atoms with Crippen molar-refractivity contribution in [2.24, 2.45) is 10.9 Å². The molecule has 0 saturated heterocycles. The molecule has 1 atom stereocenters. The van der Waals surface area contributed by atoms with Crippen LogP contribution in [0.3, 0.4) is 0 Å². The van der Waals surface area contributed by atoms with E-state index in [0.717, 1.165) is 56.2 Å². The van der Waals surface area contributed by atoms with Gasteiger partial charge in [0, 0.05) is 45.0 Å². The van der Waals surface area contributed by atoms with Crippen molar-refractivity contribution in [1.82, 2.24) is 10.6 Å². The number of nitrogens with zero attached hydrogens (tertiary/aromatic N) is 1. The van der Waals surface area contributed by atoms with Gasteiger partial charge in [-0.1, -0.05) is 26.0 Å². The zero-order valence-electron chi connectivity index (χ0n) is 16.6. The Morgan fingerprint density at radius 2 is 2.04 bits per heavy atom. The van der Waals surface area contributed by atoms with Crippen LogP contribution in [-0.4, -0.2) is 38.7 Å². The molecule has 0 heterocycles. The number of hydrogen-bond acceptors (Lipinski definition) is 3. The highest BCUT2D eigenvalue weighted by atomic mass is 16.5. The average Bonchev–Trinajstić information content (AvgIpc) is 2.66. The highest BCUT2D eigenvalue weighted by Crippen LogP contribution is 2.13. The van der Waals surface area contributed by atoms with Gasteiger partial charge in [-0.2, -0.15) is 0 Å². The van der Waals surface area contributed by atoms with E-state index in [1.807, 2.05) is 45.0 Å². The van der Waals surface area contributed by atoms with Crippen LogP contribution in [0.2, 0.25) is 0 Å². The number of amides is 1. The number of nitrogens with one attached hydrogen (secondary N) is 3. The second-order valence-electron chi connectivity index (χ2n) is 6.26. The summed E-state index contributed by atoms with van der Waals surface area (Å²) in [7, 11) is 1.76. The van der Waals surface area contributed by atoms with Crippen molar-refractivity contribution >= 4 is 17.6 Å². The number of guanidine groups is 1. The van der Waals surface area contributed by atoms with E-state index in [9.17, 15) is 4.79 Å². The lowest BCUT2D eigenvalue weighted by atomic mass is 10.1. The van der Waals surface area contributed by atoms with Crippen LogP contribution in [0, 0.1) is 5.92 Å². The Hall–Kier alpha value is -2.08. The predicted molar refractivity (Wildman–Crippen MR) is 108 cm³/mol. The maximum atomic E-state index is 12.0. The van der Waals surface area contributed by atoms with Gasteiger partial charge in [0.25, 0.3) is 0 Å². The lowest BCUT2D eigenvalue weighted by Crippen LogP contribution is -2.37. The van der Waals surface area contributed by atoms with E-state index in [1.165, 1.54) is 0 Å². The molecule has 6 nitrogen and oxygen atoms in total. The van der Waals surface area contributed by atoms with Crippen LogP contribution in [0.4, 0.5) is 5.69 Å². The van der Waals surface area contributed by atoms with Gasteiger partial charge < -0.3 is 20.7 Å². The first kappa shape index (κ1) is 22.0. The third kappa shape index (κ3) is 8.85. The number of benzene rings is 1. The molecule has 1 unspecified atom stereocenters. The summed E-state index contributed by atoms with van der Waals surface area (Å²) in [6.45, 7) is 9.04. The molecule has 0 bridgehead atoms. The van der Waals surface area contributed by atoms with Crippen LogP contribution in [0.1, 0.15) is 45.6 Å². The third-order valence-corrected chi connectivity index (χ3v) is 4.15. The highest BCUT2D eigenvalue weighted by molar-refractivity contribution is 5.92. The van der Waals surface area contributed by atoms with Gasteiger partial charge in [-0.15, -0.1) is 0 Å². The van der Waals surface area contributed by atoms with E-state index >= 15 is 0 Å². The molecular weight excluding hydrogens is 328 g/mol. The number of carbonyl (C=O) groups excluding carboxylic acids is 1. The smallest absolute Gasteiger partial charge is 0.227 e. The number of aliphatic imine (C=N–C) groups is 1. The molecule has 26 heavy (non-hydrogen) atoms. The zero-order valence-corrected chi connectivity index (χ0v) is 16.6. The van der Waals surface area contributed by atoms with Crippen molar-refractivity contribution < 1.29 is 9.53 Å². The molecule has 0 radical (unpaired) electrons. The lowest BCUT2D eigenvalue weighted by Gasteiger charge is -2.13. The van der Waals surface area contributed by atoms with Crippen molar-refractivity contribution in [2.75, 3.05) is 32.1 Å². The first-order valence-electron chi connectivity index (χ1n) is 9.52. The minimum absolute atomic E-state index is 0.0162. The van der Waals surface area contributed by atoms with Gasteiger partial charge in [0.05, 0.1) is 0 Å². The molecule has 0 aliphatic rings. The Morgan fingerprint density at radius 1 is 1.23 bits per heavy atom. The molecule has 6 heteroatoms. The fourth-order valence-electron chi connectivity index (χ4n) is 2.30. The second kappa shape index (κ2) is 13.2. The lowest BCUT2D eigenvalue weighted by molar-refractivity contribution is -0.119. The SMILES string of the molecule is CCOCCCCNC(=NC)NCc1cccc(NC(=O)C(C)CC)c1. The van der Waals surface area contributed by atoms with Gasteiger partial charge in [0.2, 0.25) is 5.91 Å². The normalized spacial score (nSPS) is 12.5. The van der Waals surface area contributed by atoms with Crippen molar-refractivity contribution in [3.63, 3.8) is 0 Å². The van der Waals surface area contributed by atoms with E-state index in [4.69, 9.17) is 4.74 Å². The largest absolute Gasteiger partial charge is 0.382 e. The Labute approximate surface area is 157 Å². The monoisotopic (exact) mass is 362 g/mol. The van der Waals surface area contributed by atoms with E-state index < -0.39 is 0 Å². The van der Waals surface area contributed by atoms with Crippen LogP contribution in [-0.2, 0) is 16.1 Å². The number of hydrogen-bond donors (Lipinski definition) is 3. The van der Waals surface area contributed by atoms with Crippen LogP contribution < -0.4 is 16.0 Å². The molecule has 146 valence electrons. The summed E-state index contributed by atoms with van der Waals surface area (Å²) in [6.07, 6.45) is 2.91. The summed E-state index contributed by atoms with van der Waals surface area (Å²) in [5.41, 5.74) is 1.92. The number of unbranched alkanes of at least 4 members (excludes halogenated alkanes) is 1. The van der Waals surface area contributed by atoms with Gasteiger partial charge in [0.15, 0.2) is 5.96 Å². The van der Waals surface area contributed by atoms with Crippen LogP contribution in [0.15, 0.2) is 29.3 Å². The number of anilines is 1. The van der Waals surface area contributed by atoms with Gasteiger partial charge in [-0.05, 0) is 43.9 Å². The molecular formula is C20H34N4O2. The van der Waals surface area contributed by atoms with E-state index in [1.54, 1.807) is 7.05 Å². The minimum Gasteiger partial charge on any atom is -0.382 e. The fraction of sp³-hybridized carbons (Fsp3) is 0.600. The summed E-state index contributed by atoms with van der Waals surface area (Å²) < 4.78 is 5.33. The van der Waals surface area contributed by atoms with Crippen molar-refractivity contribution in [3.05, 3.63) is 29.8 Å². The number of ether oxygens (including phenoxy) is 1. The van der Waals surface area contributed by atoms with Crippen molar-refractivity contribution in [3.8, 4) is 0 Å². The molecule has 1 aromatic rings. The quantitative estimate of drug-likeness (QED) is 0.321. The second-order valence-corrected chi connectivity index (χ2v) is 6.26. The summed E-state index contributed by atoms with van der Waals surface area (Å²) in [5.74, 6) is 0.847. The zero-order chi connectivity index (χ0) is 19.2. The fourth-order valence-corrected chi connectivity index (χ4v) is 2.30. The van der Waals surface area contributed by atoms with Crippen LogP contribution >= 0.6 is 0 Å². The van der Waals surface area contributed by atoms with Gasteiger partial charge >= 0.3 is 0 Å². The summed E-state index contributed by atoms with van der Waals surface area (Å²) >= 11 is 0. The first-order chi connectivity index (χ1) is 12.6. The van der Waals surface area contributed by atoms with Gasteiger partial charge in [0.1, 0.15) is 0 Å². The standard InChI is InChI=1S/C20H34N4O2/c1-5-16(3)19(25)24-18-11-9-10-17(14-18)15-23-20(21-4)22-12-7-8-13-26-6-2/h9-11,14,16H,5-8,12-13,15H2,1-4H3,(H,24,25)(H2,21,22,23). The summed E-state index contributed by atoms with van der Waals surface area (Å²) in [4.78, 5) is 16.3. The summed E-state index contributed by atoms with van der Waals surface area (Å²) in [5, 5.41) is 9.57. The number of rotatable bonds is 11. The molecule has 1 aromatic carbocycles. The van der Waals surface area contributed by atoms with E-state index in [0.29, 0.717) is 6.54 Å². The molecule has 1 amide bonds. The minimum atomic E-state index is 0.0162. The van der Waals surface area contributed by atoms with Crippen LogP contribution in [0.5, 0.6) is 0 Å². The molecule has 0 aliphatic heterocycles. The molecule has 0 saturated carbocycles. The average molecular weight is 363 g/mol. The molecule has 0 fully saturated rings. The molecule has 0 spiro atoms. The molecule has 0 aromatic heterocycles. The summed E-state index contributed by atoms with van der Waals surface area (Å²) in [6, 6.07) is 7.88. The van der Waals surface area contributed by atoms with Gasteiger partial charge in [-0.3, -0.25) is 9.79 Å². The van der Waals surface area contributed by atoms with Crippen molar-refractivity contribution in [1.29, 1.82) is 0 Å². The van der Waals surface area contributed by atoms with Crippen LogP contribution in [0.25, 0.3) is 0 Å². The van der Waals surface area contributed by atoms with E-state index in [2.05, 4.69) is 20.9 Å². The molecule has 1 rings (SSSR count). The van der Waals surface area contributed by atoms with Gasteiger partial charge in [-0.25, -0.2) is 0 Å². The Balaban J connectivity index is 2.40. The third-order valence-electron chi connectivity index (χ3n) is 4.15. The Bertz CT molecular complexity index is 560. The highest BCUT2D eigenvalue weighted by Gasteiger charge is 2.10. The first-order valence-corrected chi connectivity index (χ1v) is 9.52. The van der Waals surface area contributed by atoms with E-state index in [-0.39, 0.29) is 11.8 Å². The maximum Gasteiger partial charge on any atom is 0.227 e. The number of carbonyl (C=O) groups is 1. The predicted octanol–water partition coefficient (Wildman–Crippen LogP) is 3.15. The molecule has 0 aliphatic carbocycles. The Kier molecular flexibility index (Phi) is 11.1.